The highest BCUT2D eigenvalue weighted by atomic mass is 32.2. The van der Waals surface area contributed by atoms with Crippen molar-refractivity contribution in [2.24, 2.45) is 5.73 Å². The van der Waals surface area contributed by atoms with Crippen LogP contribution in [0, 0.1) is 0 Å². The summed E-state index contributed by atoms with van der Waals surface area (Å²) in [4.78, 5) is 29.2. The zero-order chi connectivity index (χ0) is 19.9. The van der Waals surface area contributed by atoms with Crippen molar-refractivity contribution in [1.29, 1.82) is 0 Å². The summed E-state index contributed by atoms with van der Waals surface area (Å²) in [5, 5.41) is 3.57. The van der Waals surface area contributed by atoms with Gasteiger partial charge in [-0.05, 0) is 49.3 Å². The van der Waals surface area contributed by atoms with Gasteiger partial charge in [-0.25, -0.2) is 0 Å². The van der Waals surface area contributed by atoms with Gasteiger partial charge in [0.1, 0.15) is 5.00 Å². The normalized spacial score (nSPS) is 13.9. The van der Waals surface area contributed by atoms with Gasteiger partial charge in [-0.15, -0.1) is 23.1 Å². The predicted octanol–water partition coefficient (Wildman–Crippen LogP) is 4.13. The monoisotopic (exact) mass is 417 g/mol. The lowest BCUT2D eigenvalue weighted by Gasteiger charge is -2.26. The Kier molecular flexibility index (Phi) is 7.53. The second kappa shape index (κ2) is 10.1. The molecule has 1 aliphatic rings. The van der Waals surface area contributed by atoms with Gasteiger partial charge in [-0.3, -0.25) is 14.5 Å². The molecule has 2 amide bonds. The summed E-state index contributed by atoms with van der Waals surface area (Å²) in [5.74, 6) is 0.379. The molecule has 0 unspecified atom stereocenters. The fourth-order valence-corrected chi connectivity index (χ4v) is 5.63. The van der Waals surface area contributed by atoms with Crippen LogP contribution in [-0.2, 0) is 17.8 Å². The number of anilines is 1. The highest BCUT2D eigenvalue weighted by molar-refractivity contribution is 7.99. The third-order valence-electron chi connectivity index (χ3n) is 4.74. The molecule has 5 nitrogen and oxygen atoms in total. The quantitative estimate of drug-likeness (QED) is 0.475. The van der Waals surface area contributed by atoms with Gasteiger partial charge in [0.15, 0.2) is 0 Å². The maximum Gasteiger partial charge on any atom is 0.251 e. The van der Waals surface area contributed by atoms with Crippen LogP contribution in [0.4, 0.5) is 5.00 Å². The van der Waals surface area contributed by atoms with Crippen molar-refractivity contribution in [1.82, 2.24) is 4.90 Å². The highest BCUT2D eigenvalue weighted by Gasteiger charge is 2.27. The standard InChI is InChI=1S/C21H27N3O2S2/c1-2-11-24-12-10-16-17(14-24)28-21(19(16)20(22)26)23-18(25)9-6-13-27-15-7-4-3-5-8-15/h3-5,7-8H,2,6,9-14H2,1H3,(H2,22,26)(H,23,25). The van der Waals surface area contributed by atoms with Crippen LogP contribution < -0.4 is 11.1 Å². The van der Waals surface area contributed by atoms with Crippen LogP contribution in [0.1, 0.15) is 47.0 Å². The van der Waals surface area contributed by atoms with Crippen molar-refractivity contribution >= 4 is 39.9 Å². The molecule has 0 bridgehead atoms. The number of primary amides is 1. The van der Waals surface area contributed by atoms with Crippen molar-refractivity contribution < 1.29 is 9.59 Å². The first-order valence-corrected chi connectivity index (χ1v) is 11.5. The first-order chi connectivity index (χ1) is 13.6. The Morgan fingerprint density at radius 2 is 2.07 bits per heavy atom. The van der Waals surface area contributed by atoms with Gasteiger partial charge in [0, 0.05) is 29.3 Å². The number of carbonyl (C=O) groups excluding carboxylic acids is 2. The molecule has 3 rings (SSSR count). The lowest BCUT2D eigenvalue weighted by atomic mass is 10.0. The maximum absolute atomic E-state index is 12.4. The molecule has 1 aliphatic heterocycles. The average Bonchev–Trinajstić information content (AvgIpc) is 3.03. The van der Waals surface area contributed by atoms with Crippen LogP contribution >= 0.6 is 23.1 Å². The molecule has 0 saturated carbocycles. The van der Waals surface area contributed by atoms with E-state index in [1.807, 2.05) is 18.2 Å². The van der Waals surface area contributed by atoms with Crippen LogP contribution in [-0.4, -0.2) is 35.6 Å². The number of amides is 2. The molecule has 0 aliphatic carbocycles. The van der Waals surface area contributed by atoms with E-state index in [0.29, 0.717) is 17.0 Å². The van der Waals surface area contributed by atoms with E-state index >= 15 is 0 Å². The number of hydrogen-bond acceptors (Lipinski definition) is 5. The van der Waals surface area contributed by atoms with Crippen LogP contribution in [0.25, 0.3) is 0 Å². The molecule has 7 heteroatoms. The van der Waals surface area contributed by atoms with Crippen molar-refractivity contribution in [3.8, 4) is 0 Å². The predicted molar refractivity (Wildman–Crippen MR) is 117 cm³/mol. The topological polar surface area (TPSA) is 75.4 Å². The van der Waals surface area contributed by atoms with E-state index in [1.54, 1.807) is 11.8 Å². The van der Waals surface area contributed by atoms with Crippen molar-refractivity contribution in [3.05, 3.63) is 46.3 Å². The number of nitrogens with zero attached hydrogens (tertiary/aromatic N) is 1. The Balaban J connectivity index is 1.57. The molecule has 0 saturated heterocycles. The first-order valence-electron chi connectivity index (χ1n) is 9.73. The van der Waals surface area contributed by atoms with E-state index in [4.69, 9.17) is 5.73 Å². The second-order valence-corrected chi connectivity index (χ2v) is 9.19. The van der Waals surface area contributed by atoms with Crippen LogP contribution in [0.5, 0.6) is 0 Å². The number of nitrogens with one attached hydrogen (secondary N) is 1. The zero-order valence-corrected chi connectivity index (χ0v) is 17.8. The number of fused-ring (bicyclic) bond motifs is 1. The summed E-state index contributed by atoms with van der Waals surface area (Å²) in [5.41, 5.74) is 7.18. The minimum atomic E-state index is -0.448. The number of carbonyl (C=O) groups is 2. The Bertz CT molecular complexity index is 821. The van der Waals surface area contributed by atoms with E-state index in [0.717, 1.165) is 55.1 Å². The smallest absolute Gasteiger partial charge is 0.251 e. The van der Waals surface area contributed by atoms with Crippen molar-refractivity contribution in [3.63, 3.8) is 0 Å². The molecule has 0 atom stereocenters. The van der Waals surface area contributed by atoms with Gasteiger partial charge >= 0.3 is 0 Å². The summed E-state index contributed by atoms with van der Waals surface area (Å²) in [7, 11) is 0. The Hall–Kier alpha value is -1.83. The second-order valence-electron chi connectivity index (χ2n) is 6.91. The Morgan fingerprint density at radius 3 is 2.79 bits per heavy atom. The highest BCUT2D eigenvalue weighted by Crippen LogP contribution is 2.37. The zero-order valence-electron chi connectivity index (χ0n) is 16.2. The molecule has 150 valence electrons. The molecule has 0 radical (unpaired) electrons. The molecule has 28 heavy (non-hydrogen) atoms. The van der Waals surface area contributed by atoms with E-state index in [-0.39, 0.29) is 5.91 Å². The third-order valence-corrected chi connectivity index (χ3v) is 6.97. The van der Waals surface area contributed by atoms with E-state index in [2.05, 4.69) is 29.3 Å². The molecular formula is C21H27N3O2S2. The largest absolute Gasteiger partial charge is 0.365 e. The minimum absolute atomic E-state index is 0.0554. The van der Waals surface area contributed by atoms with E-state index in [9.17, 15) is 9.59 Å². The van der Waals surface area contributed by atoms with Gasteiger partial charge in [0.2, 0.25) is 5.91 Å². The van der Waals surface area contributed by atoms with Gasteiger partial charge < -0.3 is 11.1 Å². The lowest BCUT2D eigenvalue weighted by molar-refractivity contribution is -0.116. The molecule has 3 N–H and O–H groups in total. The summed E-state index contributed by atoms with van der Waals surface area (Å²) in [6.07, 6.45) is 3.14. The molecule has 1 aromatic heterocycles. The van der Waals surface area contributed by atoms with Crippen LogP contribution in [0.3, 0.4) is 0 Å². The van der Waals surface area contributed by atoms with Gasteiger partial charge in [0.25, 0.3) is 5.91 Å². The molecule has 0 spiro atoms. The molecule has 2 heterocycles. The fraction of sp³-hybridized carbons (Fsp3) is 0.429. The Labute approximate surface area is 174 Å². The SMILES string of the molecule is CCCN1CCc2c(sc(NC(=O)CCCSc3ccccc3)c2C(N)=O)C1. The number of rotatable bonds is 9. The first kappa shape index (κ1) is 20.9. The number of benzene rings is 1. The van der Waals surface area contributed by atoms with Gasteiger partial charge in [0.05, 0.1) is 5.56 Å². The molecule has 1 aromatic carbocycles. The molecule has 0 fully saturated rings. The van der Waals surface area contributed by atoms with Crippen molar-refractivity contribution in [2.75, 3.05) is 24.2 Å². The summed E-state index contributed by atoms with van der Waals surface area (Å²) in [6.45, 7) is 4.98. The molecular weight excluding hydrogens is 390 g/mol. The Morgan fingerprint density at radius 1 is 1.29 bits per heavy atom. The average molecular weight is 418 g/mol. The number of thiophene rings is 1. The summed E-state index contributed by atoms with van der Waals surface area (Å²) in [6, 6.07) is 10.2. The van der Waals surface area contributed by atoms with E-state index in [1.165, 1.54) is 16.2 Å². The number of hydrogen-bond donors (Lipinski definition) is 2. The van der Waals surface area contributed by atoms with Crippen molar-refractivity contribution in [2.45, 2.75) is 44.0 Å². The lowest BCUT2D eigenvalue weighted by Crippen LogP contribution is -2.31. The minimum Gasteiger partial charge on any atom is -0.365 e. The van der Waals surface area contributed by atoms with Gasteiger partial charge in [-0.1, -0.05) is 25.1 Å². The number of thioether (sulfide) groups is 1. The summed E-state index contributed by atoms with van der Waals surface area (Å²) >= 11 is 3.25. The third kappa shape index (κ3) is 5.37. The number of nitrogens with two attached hydrogens (primary N) is 1. The maximum atomic E-state index is 12.4. The molecule has 2 aromatic rings. The van der Waals surface area contributed by atoms with Crippen LogP contribution in [0.2, 0.25) is 0 Å². The summed E-state index contributed by atoms with van der Waals surface area (Å²) < 4.78 is 0. The fourth-order valence-electron chi connectivity index (χ4n) is 3.44. The van der Waals surface area contributed by atoms with Gasteiger partial charge in [-0.2, -0.15) is 0 Å². The van der Waals surface area contributed by atoms with Crippen LogP contribution in [0.15, 0.2) is 35.2 Å². The van der Waals surface area contributed by atoms with E-state index < -0.39 is 5.91 Å².